The summed E-state index contributed by atoms with van der Waals surface area (Å²) in [5.74, 6) is -2.63. The summed E-state index contributed by atoms with van der Waals surface area (Å²) in [6.07, 6.45) is 0.365. The third kappa shape index (κ3) is 29.9. The van der Waals surface area contributed by atoms with Gasteiger partial charge < -0.3 is 58.6 Å². The topological polar surface area (TPSA) is 222 Å². The highest BCUT2D eigenvalue weighted by Gasteiger charge is 2.19. The molecule has 0 bridgehead atoms. The average molecular weight is 856 g/mol. The zero-order chi connectivity index (χ0) is 45.0. The Morgan fingerprint density at radius 3 is 0.800 bits per heavy atom. The fraction of sp³-hybridized carbons (Fsp3) is 0.714. The van der Waals surface area contributed by atoms with E-state index in [-0.39, 0.29) is 153 Å². The van der Waals surface area contributed by atoms with Gasteiger partial charge in [-0.1, -0.05) is 0 Å². The largest absolute Gasteiger partial charge is 0.460 e. The van der Waals surface area contributed by atoms with Crippen LogP contribution in [-0.2, 0) is 57.0 Å². The van der Waals surface area contributed by atoms with Crippen LogP contribution in [0.3, 0.4) is 0 Å². The van der Waals surface area contributed by atoms with Crippen LogP contribution in [0.2, 0.25) is 0 Å². The van der Waals surface area contributed by atoms with Crippen molar-refractivity contribution in [3.05, 3.63) is 34.9 Å². The molecule has 0 atom stereocenters. The molecule has 60 heavy (non-hydrogen) atoms. The third-order valence-corrected chi connectivity index (χ3v) is 7.04. The predicted octanol–water partition coefficient (Wildman–Crippen LogP) is 3.17. The smallest absolute Gasteiger partial charge is 0.308 e. The van der Waals surface area contributed by atoms with E-state index < -0.39 is 34.5 Å². The molecule has 1 aromatic rings. The van der Waals surface area contributed by atoms with Gasteiger partial charge in [-0.15, -0.1) is 0 Å². The van der Waals surface area contributed by atoms with Crippen molar-refractivity contribution in [2.45, 2.75) is 98.4 Å². The molecule has 0 aliphatic heterocycles. The van der Waals surface area contributed by atoms with Crippen molar-refractivity contribution in [2.75, 3.05) is 98.9 Å². The standard InChI is InChI=1S/C42H69N3O15/c1-40(2,3)58-34(46)10-16-52-22-25-55-19-13-43-37(49)31-28-32(38(50)44-14-20-56-26-23-53-17-11-35(47)59-41(4,5)6)30-33(29-31)39(51)45-15-21-57-27-24-54-18-12-36(48)60-42(7,8)9/h28-30H,10-27H2,1-9H3,(H,43,49)(H,44,50)(H,45,51). The van der Waals surface area contributed by atoms with E-state index in [2.05, 4.69) is 16.0 Å². The number of rotatable bonds is 30. The number of amides is 3. The molecule has 342 valence electrons. The van der Waals surface area contributed by atoms with E-state index in [1.807, 2.05) is 0 Å². The molecule has 1 rings (SSSR count). The van der Waals surface area contributed by atoms with Gasteiger partial charge in [0.2, 0.25) is 0 Å². The minimum Gasteiger partial charge on any atom is -0.460 e. The normalized spacial score (nSPS) is 11.8. The first kappa shape index (κ1) is 53.8. The number of carbonyl (C=O) groups excluding carboxylic acids is 6. The van der Waals surface area contributed by atoms with Crippen molar-refractivity contribution in [1.29, 1.82) is 0 Å². The van der Waals surface area contributed by atoms with Crippen LogP contribution in [0, 0.1) is 0 Å². The SMILES string of the molecule is CC(C)(C)OC(=O)CCOCCOCCNC(=O)c1cc(C(=O)NCCOCCOCCC(=O)OC(C)(C)C)cc(C(=O)NCCOCCOCCC(=O)OC(C)(C)C)c1. The summed E-state index contributed by atoms with van der Waals surface area (Å²) < 4.78 is 48.4. The highest BCUT2D eigenvalue weighted by atomic mass is 16.6. The molecule has 0 saturated heterocycles. The summed E-state index contributed by atoms with van der Waals surface area (Å²) >= 11 is 0. The summed E-state index contributed by atoms with van der Waals surface area (Å²) in [6.45, 7) is 19.0. The molecular weight excluding hydrogens is 786 g/mol. The van der Waals surface area contributed by atoms with Crippen LogP contribution in [0.25, 0.3) is 0 Å². The van der Waals surface area contributed by atoms with Crippen molar-refractivity contribution >= 4 is 35.6 Å². The lowest BCUT2D eigenvalue weighted by Crippen LogP contribution is -2.31. The van der Waals surface area contributed by atoms with E-state index in [1.165, 1.54) is 18.2 Å². The summed E-state index contributed by atoms with van der Waals surface area (Å²) in [6, 6.07) is 4.14. The second-order valence-corrected chi connectivity index (χ2v) is 16.3. The van der Waals surface area contributed by atoms with E-state index in [9.17, 15) is 28.8 Å². The Morgan fingerprint density at radius 2 is 0.583 bits per heavy atom. The van der Waals surface area contributed by atoms with E-state index >= 15 is 0 Å². The van der Waals surface area contributed by atoms with Gasteiger partial charge in [0.15, 0.2) is 0 Å². The molecule has 0 unspecified atom stereocenters. The second-order valence-electron chi connectivity index (χ2n) is 16.3. The Hall–Kier alpha value is -4.20. The van der Waals surface area contributed by atoms with E-state index in [1.54, 1.807) is 62.3 Å². The molecule has 1 aromatic carbocycles. The van der Waals surface area contributed by atoms with Gasteiger partial charge in [-0.05, 0) is 80.5 Å². The van der Waals surface area contributed by atoms with Crippen molar-refractivity contribution in [2.24, 2.45) is 0 Å². The van der Waals surface area contributed by atoms with Crippen molar-refractivity contribution in [3.8, 4) is 0 Å². The highest BCUT2D eigenvalue weighted by Crippen LogP contribution is 2.13. The molecule has 18 heteroatoms. The molecule has 18 nitrogen and oxygen atoms in total. The van der Waals surface area contributed by atoms with Gasteiger partial charge in [0.1, 0.15) is 16.8 Å². The number of benzene rings is 1. The van der Waals surface area contributed by atoms with E-state index in [4.69, 9.17) is 42.6 Å². The first-order valence-electron chi connectivity index (χ1n) is 20.3. The van der Waals surface area contributed by atoms with Crippen molar-refractivity contribution in [3.63, 3.8) is 0 Å². The molecule has 0 heterocycles. The summed E-state index contributed by atoms with van der Waals surface area (Å²) in [5, 5.41) is 8.16. The second kappa shape index (κ2) is 29.1. The van der Waals surface area contributed by atoms with Gasteiger partial charge >= 0.3 is 17.9 Å². The average Bonchev–Trinajstić information content (AvgIpc) is 3.13. The Morgan fingerprint density at radius 1 is 0.367 bits per heavy atom. The number of hydrogen-bond donors (Lipinski definition) is 3. The molecule has 0 spiro atoms. The van der Waals surface area contributed by atoms with Gasteiger partial charge in [0, 0.05) is 36.3 Å². The lowest BCUT2D eigenvalue weighted by atomic mass is 10.0. The van der Waals surface area contributed by atoms with Gasteiger partial charge in [0.05, 0.1) is 98.5 Å². The maximum atomic E-state index is 13.1. The quantitative estimate of drug-likeness (QED) is 0.0575. The highest BCUT2D eigenvalue weighted by molar-refractivity contribution is 6.04. The van der Waals surface area contributed by atoms with Crippen molar-refractivity contribution in [1.82, 2.24) is 16.0 Å². The molecular formula is C42H69N3O15. The van der Waals surface area contributed by atoms with Gasteiger partial charge in [0.25, 0.3) is 17.7 Å². The van der Waals surface area contributed by atoms with Crippen LogP contribution in [0.15, 0.2) is 18.2 Å². The molecule has 0 fully saturated rings. The van der Waals surface area contributed by atoms with Crippen LogP contribution in [-0.4, -0.2) is 151 Å². The fourth-order valence-corrected chi connectivity index (χ4v) is 4.65. The van der Waals surface area contributed by atoms with Crippen LogP contribution < -0.4 is 16.0 Å². The molecule has 0 aliphatic rings. The Kier molecular flexibility index (Phi) is 26.1. The minimum absolute atomic E-state index is 0.0813. The first-order valence-corrected chi connectivity index (χ1v) is 20.3. The maximum Gasteiger partial charge on any atom is 0.308 e. The third-order valence-electron chi connectivity index (χ3n) is 7.04. The Balaban J connectivity index is 2.62. The zero-order valence-electron chi connectivity index (χ0n) is 37.1. The van der Waals surface area contributed by atoms with Crippen LogP contribution in [0.5, 0.6) is 0 Å². The van der Waals surface area contributed by atoms with E-state index in [0.29, 0.717) is 0 Å². The van der Waals surface area contributed by atoms with Crippen LogP contribution in [0.4, 0.5) is 0 Å². The molecule has 3 N–H and O–H groups in total. The lowest BCUT2D eigenvalue weighted by molar-refractivity contribution is -0.157. The van der Waals surface area contributed by atoms with Crippen LogP contribution >= 0.6 is 0 Å². The first-order chi connectivity index (χ1) is 28.1. The maximum absolute atomic E-state index is 13.1. The summed E-state index contributed by atoms with van der Waals surface area (Å²) in [5.41, 5.74) is -1.44. The number of carbonyl (C=O) groups is 6. The molecule has 0 saturated carbocycles. The van der Waals surface area contributed by atoms with Gasteiger partial charge in [-0.3, -0.25) is 28.8 Å². The molecule has 0 aromatic heterocycles. The molecule has 0 radical (unpaired) electrons. The zero-order valence-corrected chi connectivity index (χ0v) is 37.1. The minimum atomic E-state index is -0.562. The summed E-state index contributed by atoms with van der Waals surface area (Å²) in [4.78, 5) is 74.7. The number of ether oxygens (including phenoxy) is 9. The van der Waals surface area contributed by atoms with Gasteiger partial charge in [-0.2, -0.15) is 0 Å². The number of esters is 3. The Labute approximate surface area is 354 Å². The van der Waals surface area contributed by atoms with Crippen LogP contribution in [0.1, 0.15) is 113 Å². The fourth-order valence-electron chi connectivity index (χ4n) is 4.65. The Bertz CT molecular complexity index is 1280. The van der Waals surface area contributed by atoms with Gasteiger partial charge in [-0.25, -0.2) is 0 Å². The predicted molar refractivity (Wildman–Crippen MR) is 220 cm³/mol. The summed E-state index contributed by atoms with van der Waals surface area (Å²) in [7, 11) is 0. The molecule has 3 amide bonds. The molecule has 0 aliphatic carbocycles. The monoisotopic (exact) mass is 855 g/mol. The number of nitrogens with one attached hydrogen (secondary N) is 3. The van der Waals surface area contributed by atoms with E-state index in [0.717, 1.165) is 0 Å². The lowest BCUT2D eigenvalue weighted by Gasteiger charge is -2.19. The number of hydrogen-bond acceptors (Lipinski definition) is 15. The van der Waals surface area contributed by atoms with Crippen molar-refractivity contribution < 1.29 is 71.4 Å².